The molecule has 0 bridgehead atoms. The number of hydrogen-bond acceptors (Lipinski definition) is 6. The molecule has 0 spiro atoms. The molecule has 1 aromatic heterocycles. The Balaban J connectivity index is 1.53. The van der Waals surface area contributed by atoms with Crippen LogP contribution >= 0.6 is 0 Å². The molecule has 2 heterocycles. The van der Waals surface area contributed by atoms with Gasteiger partial charge in [-0.3, -0.25) is 4.79 Å². The molecule has 1 atom stereocenters. The van der Waals surface area contributed by atoms with Crippen LogP contribution in [-0.2, 0) is 16.1 Å². The minimum absolute atomic E-state index is 0.125. The van der Waals surface area contributed by atoms with Crippen molar-refractivity contribution >= 4 is 11.9 Å². The van der Waals surface area contributed by atoms with Gasteiger partial charge < -0.3 is 18.9 Å². The van der Waals surface area contributed by atoms with Crippen molar-refractivity contribution in [1.82, 2.24) is 10.1 Å². The lowest BCUT2D eigenvalue weighted by Gasteiger charge is -2.24. The number of nitrogens with zero attached hydrogens (tertiary/aromatic N) is 2. The van der Waals surface area contributed by atoms with E-state index in [0.29, 0.717) is 17.9 Å². The van der Waals surface area contributed by atoms with Gasteiger partial charge in [0.15, 0.2) is 6.10 Å². The maximum atomic E-state index is 12.5. The highest BCUT2D eigenvalue weighted by molar-refractivity contribution is 5.92. The number of carbonyl (C=O) groups is 2. The molecule has 29 heavy (non-hydrogen) atoms. The van der Waals surface area contributed by atoms with Crippen molar-refractivity contribution in [2.75, 3.05) is 13.1 Å². The van der Waals surface area contributed by atoms with Crippen molar-refractivity contribution < 1.29 is 23.6 Å². The first-order valence-electron chi connectivity index (χ1n) is 10.1. The maximum absolute atomic E-state index is 12.5. The molecule has 1 fully saturated rings. The molecule has 7 nitrogen and oxygen atoms in total. The molecule has 0 aliphatic carbocycles. The number of esters is 1. The summed E-state index contributed by atoms with van der Waals surface area (Å²) >= 11 is 0. The van der Waals surface area contributed by atoms with Gasteiger partial charge in [-0.15, -0.1) is 0 Å². The van der Waals surface area contributed by atoms with Crippen LogP contribution in [0.4, 0.5) is 0 Å². The molecule has 0 radical (unpaired) electrons. The van der Waals surface area contributed by atoms with Crippen LogP contribution in [0.2, 0.25) is 0 Å². The first kappa shape index (κ1) is 20.9. The van der Waals surface area contributed by atoms with E-state index < -0.39 is 12.1 Å². The maximum Gasteiger partial charge on any atom is 0.338 e. The van der Waals surface area contributed by atoms with E-state index in [9.17, 15) is 9.59 Å². The van der Waals surface area contributed by atoms with Crippen LogP contribution in [0.1, 0.15) is 60.0 Å². The smallest absolute Gasteiger partial charge is 0.338 e. The average molecular weight is 400 g/mol. The molecule has 1 aliphatic rings. The Labute approximate surface area is 171 Å². The molecular formula is C22H28N2O5. The number of aryl methyl sites for hydroxylation is 2. The third-order valence-electron chi connectivity index (χ3n) is 5.20. The van der Waals surface area contributed by atoms with Crippen molar-refractivity contribution in [2.24, 2.45) is 0 Å². The molecule has 1 amide bonds. The van der Waals surface area contributed by atoms with E-state index in [0.717, 1.165) is 55.8 Å². The second-order valence-corrected chi connectivity index (χ2v) is 7.40. The van der Waals surface area contributed by atoms with Crippen molar-refractivity contribution in [2.45, 2.75) is 59.2 Å². The third-order valence-corrected chi connectivity index (χ3v) is 5.20. The lowest BCUT2D eigenvalue weighted by molar-refractivity contribution is -0.139. The molecule has 3 rings (SSSR count). The van der Waals surface area contributed by atoms with Gasteiger partial charge in [-0.25, -0.2) is 4.79 Å². The summed E-state index contributed by atoms with van der Waals surface area (Å²) in [6.07, 6.45) is 3.49. The van der Waals surface area contributed by atoms with Gasteiger partial charge >= 0.3 is 5.97 Å². The average Bonchev–Trinajstić information content (AvgIpc) is 2.92. The Kier molecular flexibility index (Phi) is 6.90. The summed E-state index contributed by atoms with van der Waals surface area (Å²) in [7, 11) is 0. The fraction of sp³-hybridized carbons (Fsp3) is 0.500. The number of benzene rings is 1. The second kappa shape index (κ2) is 9.58. The van der Waals surface area contributed by atoms with Gasteiger partial charge in [0.05, 0.1) is 16.8 Å². The zero-order chi connectivity index (χ0) is 20.8. The van der Waals surface area contributed by atoms with Crippen LogP contribution in [0.5, 0.6) is 5.75 Å². The zero-order valence-corrected chi connectivity index (χ0v) is 17.3. The van der Waals surface area contributed by atoms with Gasteiger partial charge in [0.2, 0.25) is 0 Å². The number of ether oxygens (including phenoxy) is 2. The van der Waals surface area contributed by atoms with Crippen LogP contribution in [0.15, 0.2) is 28.8 Å². The first-order chi connectivity index (χ1) is 14.0. The highest BCUT2D eigenvalue weighted by Crippen LogP contribution is 2.19. The van der Waals surface area contributed by atoms with Crippen LogP contribution in [0, 0.1) is 13.8 Å². The van der Waals surface area contributed by atoms with Gasteiger partial charge in [0.1, 0.15) is 18.1 Å². The van der Waals surface area contributed by atoms with Crippen LogP contribution in [0.25, 0.3) is 0 Å². The third kappa shape index (κ3) is 5.37. The number of hydrogen-bond donors (Lipinski definition) is 0. The fourth-order valence-corrected chi connectivity index (χ4v) is 3.38. The Morgan fingerprint density at radius 3 is 2.34 bits per heavy atom. The van der Waals surface area contributed by atoms with Crippen LogP contribution in [0.3, 0.4) is 0 Å². The quantitative estimate of drug-likeness (QED) is 0.686. The van der Waals surface area contributed by atoms with Crippen molar-refractivity contribution in [3.05, 3.63) is 46.8 Å². The topological polar surface area (TPSA) is 81.9 Å². The molecule has 7 heteroatoms. The fourth-order valence-electron chi connectivity index (χ4n) is 3.38. The molecule has 1 aliphatic heterocycles. The lowest BCUT2D eigenvalue weighted by Crippen LogP contribution is -2.40. The molecule has 1 saturated heterocycles. The molecule has 0 saturated carbocycles. The SMILES string of the molecule is Cc1noc(C)c1COc1ccc(C(=O)O[C@@H](C)C(=O)N2CCCCCC2)cc1. The van der Waals surface area contributed by atoms with Gasteiger partial charge in [-0.2, -0.15) is 0 Å². The van der Waals surface area contributed by atoms with Gasteiger partial charge in [-0.05, 0) is 57.9 Å². The van der Waals surface area contributed by atoms with Gasteiger partial charge in [-0.1, -0.05) is 18.0 Å². The minimum atomic E-state index is -0.795. The van der Waals surface area contributed by atoms with Crippen LogP contribution < -0.4 is 4.74 Å². The van der Waals surface area contributed by atoms with E-state index in [1.165, 1.54) is 0 Å². The molecule has 2 aromatic rings. The van der Waals surface area contributed by atoms with Crippen molar-refractivity contribution in [3.63, 3.8) is 0 Å². The van der Waals surface area contributed by atoms with Crippen LogP contribution in [-0.4, -0.2) is 41.1 Å². The normalized spacial score (nSPS) is 15.5. The largest absolute Gasteiger partial charge is 0.489 e. The number of aromatic nitrogens is 1. The highest BCUT2D eigenvalue weighted by Gasteiger charge is 2.25. The molecule has 0 unspecified atom stereocenters. The molecule has 156 valence electrons. The Hall–Kier alpha value is -2.83. The van der Waals surface area contributed by atoms with E-state index in [2.05, 4.69) is 5.16 Å². The first-order valence-corrected chi connectivity index (χ1v) is 10.1. The lowest BCUT2D eigenvalue weighted by atomic mass is 10.2. The van der Waals surface area contributed by atoms with Gasteiger partial charge in [0.25, 0.3) is 5.91 Å². The minimum Gasteiger partial charge on any atom is -0.489 e. The van der Waals surface area contributed by atoms with E-state index in [1.54, 1.807) is 36.1 Å². The molecule has 0 N–H and O–H groups in total. The Morgan fingerprint density at radius 1 is 1.10 bits per heavy atom. The summed E-state index contributed by atoms with van der Waals surface area (Å²) in [5.41, 5.74) is 2.09. The number of likely N-dealkylation sites (tertiary alicyclic amines) is 1. The highest BCUT2D eigenvalue weighted by atomic mass is 16.5. The van der Waals surface area contributed by atoms with Gasteiger partial charge in [0, 0.05) is 13.1 Å². The number of rotatable bonds is 6. The van der Waals surface area contributed by atoms with Crippen molar-refractivity contribution in [3.8, 4) is 5.75 Å². The van der Waals surface area contributed by atoms with E-state index in [1.807, 2.05) is 13.8 Å². The standard InChI is InChI=1S/C22H28N2O5/c1-15-20(16(2)29-23-15)14-27-19-10-8-18(9-11-19)22(26)28-17(3)21(25)24-12-6-4-5-7-13-24/h8-11,17H,4-7,12-14H2,1-3H3/t17-/m0/s1. The second-order valence-electron chi connectivity index (χ2n) is 7.40. The Bertz CT molecular complexity index is 816. The number of carbonyl (C=O) groups excluding carboxylic acids is 2. The number of amides is 1. The zero-order valence-electron chi connectivity index (χ0n) is 17.3. The molecule has 1 aromatic carbocycles. The summed E-state index contributed by atoms with van der Waals surface area (Å²) in [5.74, 6) is 0.707. The summed E-state index contributed by atoms with van der Waals surface area (Å²) in [6, 6.07) is 6.67. The van der Waals surface area contributed by atoms with E-state index in [-0.39, 0.29) is 5.91 Å². The summed E-state index contributed by atoms with van der Waals surface area (Å²) in [5, 5.41) is 3.90. The molecular weight excluding hydrogens is 372 g/mol. The van der Waals surface area contributed by atoms with E-state index >= 15 is 0 Å². The summed E-state index contributed by atoms with van der Waals surface area (Å²) < 4.78 is 16.3. The predicted octanol–water partition coefficient (Wildman–Crippen LogP) is 3.82. The van der Waals surface area contributed by atoms with E-state index in [4.69, 9.17) is 14.0 Å². The Morgan fingerprint density at radius 2 is 1.76 bits per heavy atom. The predicted molar refractivity (Wildman–Crippen MR) is 107 cm³/mol. The summed E-state index contributed by atoms with van der Waals surface area (Å²) in [4.78, 5) is 26.7. The van der Waals surface area contributed by atoms with Crippen molar-refractivity contribution in [1.29, 1.82) is 0 Å². The summed E-state index contributed by atoms with van der Waals surface area (Å²) in [6.45, 7) is 7.14. The monoisotopic (exact) mass is 400 g/mol.